The molecule has 17 heavy (non-hydrogen) atoms. The number of H-pyrrole nitrogens is 1. The summed E-state index contributed by atoms with van der Waals surface area (Å²) in [5, 5.41) is 0. The Morgan fingerprint density at radius 1 is 1.41 bits per heavy atom. The standard InChI is InChI=1S/C12H11N3O2/c1-7-11-12(16)14-9-5-8(17-2)3-4-10(9)15(11)6-13-7/h3-6H,1-2H3,(H,14,16). The topological polar surface area (TPSA) is 59.4 Å². The zero-order chi connectivity index (χ0) is 12.0. The first-order valence-corrected chi connectivity index (χ1v) is 5.24. The van der Waals surface area contributed by atoms with E-state index in [0.29, 0.717) is 11.3 Å². The normalized spacial score (nSPS) is 11.2. The predicted molar refractivity (Wildman–Crippen MR) is 64.6 cm³/mol. The summed E-state index contributed by atoms with van der Waals surface area (Å²) in [6.45, 7) is 1.82. The van der Waals surface area contributed by atoms with Crippen LogP contribution in [0.25, 0.3) is 16.6 Å². The fourth-order valence-corrected chi connectivity index (χ4v) is 2.03. The zero-order valence-electron chi connectivity index (χ0n) is 9.52. The van der Waals surface area contributed by atoms with Gasteiger partial charge in [-0.3, -0.25) is 9.20 Å². The predicted octanol–water partition coefficient (Wildman–Crippen LogP) is 1.49. The Bertz CT molecular complexity index is 770. The number of aromatic nitrogens is 3. The van der Waals surface area contributed by atoms with Crippen molar-refractivity contribution in [1.29, 1.82) is 0 Å². The summed E-state index contributed by atoms with van der Waals surface area (Å²) in [4.78, 5) is 18.9. The van der Waals surface area contributed by atoms with Gasteiger partial charge in [-0.2, -0.15) is 0 Å². The van der Waals surface area contributed by atoms with Crippen molar-refractivity contribution < 1.29 is 4.74 Å². The quantitative estimate of drug-likeness (QED) is 0.687. The number of benzene rings is 1. The molecule has 1 N–H and O–H groups in total. The van der Waals surface area contributed by atoms with Crippen LogP contribution in [0.5, 0.6) is 5.75 Å². The van der Waals surface area contributed by atoms with Crippen molar-refractivity contribution in [1.82, 2.24) is 14.4 Å². The highest BCUT2D eigenvalue weighted by Gasteiger charge is 2.08. The van der Waals surface area contributed by atoms with Gasteiger partial charge in [0.25, 0.3) is 5.56 Å². The van der Waals surface area contributed by atoms with Crippen LogP contribution in [0.1, 0.15) is 5.69 Å². The van der Waals surface area contributed by atoms with Crippen LogP contribution in [0.15, 0.2) is 29.3 Å². The summed E-state index contributed by atoms with van der Waals surface area (Å²) < 4.78 is 6.93. The fraction of sp³-hybridized carbons (Fsp3) is 0.167. The van der Waals surface area contributed by atoms with E-state index in [9.17, 15) is 4.79 Å². The first-order chi connectivity index (χ1) is 8.20. The zero-order valence-corrected chi connectivity index (χ0v) is 9.52. The van der Waals surface area contributed by atoms with Crippen molar-refractivity contribution >= 4 is 16.6 Å². The van der Waals surface area contributed by atoms with Crippen LogP contribution in [0.4, 0.5) is 0 Å². The maximum atomic E-state index is 11.9. The molecule has 0 radical (unpaired) electrons. The Balaban J connectivity index is 2.53. The van der Waals surface area contributed by atoms with Crippen molar-refractivity contribution in [2.75, 3.05) is 7.11 Å². The van der Waals surface area contributed by atoms with E-state index in [2.05, 4.69) is 9.97 Å². The Morgan fingerprint density at radius 2 is 2.24 bits per heavy atom. The van der Waals surface area contributed by atoms with Crippen molar-refractivity contribution in [2.24, 2.45) is 0 Å². The van der Waals surface area contributed by atoms with Gasteiger partial charge in [-0.15, -0.1) is 0 Å². The molecule has 0 atom stereocenters. The van der Waals surface area contributed by atoms with Gasteiger partial charge in [-0.25, -0.2) is 4.98 Å². The molecule has 5 heteroatoms. The fourth-order valence-electron chi connectivity index (χ4n) is 2.03. The third kappa shape index (κ3) is 1.32. The smallest absolute Gasteiger partial charge is 0.274 e. The lowest BCUT2D eigenvalue weighted by Crippen LogP contribution is -2.10. The van der Waals surface area contributed by atoms with Gasteiger partial charge in [0, 0.05) is 6.07 Å². The molecule has 0 bridgehead atoms. The molecule has 86 valence electrons. The Hall–Kier alpha value is -2.30. The third-order valence-corrected chi connectivity index (χ3v) is 2.88. The van der Waals surface area contributed by atoms with E-state index >= 15 is 0 Å². The SMILES string of the molecule is COc1ccc2c(c1)[nH]c(=O)c1c(C)ncn12. The van der Waals surface area contributed by atoms with E-state index in [-0.39, 0.29) is 5.56 Å². The second kappa shape index (κ2) is 3.35. The monoisotopic (exact) mass is 229 g/mol. The van der Waals surface area contributed by atoms with Gasteiger partial charge >= 0.3 is 0 Å². The molecule has 0 saturated heterocycles. The third-order valence-electron chi connectivity index (χ3n) is 2.88. The maximum Gasteiger partial charge on any atom is 0.274 e. The largest absolute Gasteiger partial charge is 0.497 e. The second-order valence-electron chi connectivity index (χ2n) is 3.89. The lowest BCUT2D eigenvalue weighted by molar-refractivity contribution is 0.415. The highest BCUT2D eigenvalue weighted by molar-refractivity contribution is 5.79. The average Bonchev–Trinajstić information content (AvgIpc) is 2.71. The number of methoxy groups -OCH3 is 1. The molecule has 2 heterocycles. The number of hydrogen-bond acceptors (Lipinski definition) is 3. The molecule has 1 aromatic carbocycles. The summed E-state index contributed by atoms with van der Waals surface area (Å²) in [5.41, 5.74) is 2.81. The average molecular weight is 229 g/mol. The van der Waals surface area contributed by atoms with Crippen LogP contribution in [-0.4, -0.2) is 21.5 Å². The first-order valence-electron chi connectivity index (χ1n) is 5.24. The van der Waals surface area contributed by atoms with Crippen molar-refractivity contribution in [3.05, 3.63) is 40.6 Å². The first kappa shape index (κ1) is 9.89. The minimum absolute atomic E-state index is 0.138. The molecule has 0 aliphatic carbocycles. The molecule has 2 aromatic heterocycles. The minimum atomic E-state index is -0.138. The number of nitrogens with one attached hydrogen (secondary N) is 1. The Labute approximate surface area is 96.7 Å². The number of aromatic amines is 1. The summed E-state index contributed by atoms with van der Waals surface area (Å²) in [6, 6.07) is 5.55. The van der Waals surface area contributed by atoms with E-state index < -0.39 is 0 Å². The van der Waals surface area contributed by atoms with Crippen LogP contribution in [0.3, 0.4) is 0 Å². The van der Waals surface area contributed by atoms with Crippen LogP contribution in [0, 0.1) is 6.92 Å². The van der Waals surface area contributed by atoms with E-state index in [1.54, 1.807) is 23.9 Å². The van der Waals surface area contributed by atoms with Crippen LogP contribution in [0.2, 0.25) is 0 Å². The highest BCUT2D eigenvalue weighted by atomic mass is 16.5. The number of hydrogen-bond donors (Lipinski definition) is 1. The van der Waals surface area contributed by atoms with Crippen LogP contribution in [-0.2, 0) is 0 Å². The van der Waals surface area contributed by atoms with E-state index in [4.69, 9.17) is 4.74 Å². The molecule has 0 aliphatic rings. The lowest BCUT2D eigenvalue weighted by atomic mass is 10.2. The van der Waals surface area contributed by atoms with Gasteiger partial charge in [0.2, 0.25) is 0 Å². The molecule has 0 spiro atoms. The summed E-state index contributed by atoms with van der Waals surface area (Å²) >= 11 is 0. The summed E-state index contributed by atoms with van der Waals surface area (Å²) in [6.07, 6.45) is 1.66. The number of nitrogens with zero attached hydrogens (tertiary/aromatic N) is 2. The molecule has 5 nitrogen and oxygen atoms in total. The van der Waals surface area contributed by atoms with E-state index in [0.717, 1.165) is 16.7 Å². The molecular weight excluding hydrogens is 218 g/mol. The van der Waals surface area contributed by atoms with Gasteiger partial charge in [0.1, 0.15) is 17.6 Å². The minimum Gasteiger partial charge on any atom is -0.497 e. The maximum absolute atomic E-state index is 11.9. The van der Waals surface area contributed by atoms with Gasteiger partial charge in [-0.1, -0.05) is 0 Å². The molecule has 0 saturated carbocycles. The van der Waals surface area contributed by atoms with Gasteiger partial charge in [0.05, 0.1) is 23.8 Å². The highest BCUT2D eigenvalue weighted by Crippen LogP contribution is 2.19. The van der Waals surface area contributed by atoms with Gasteiger partial charge < -0.3 is 9.72 Å². The molecule has 0 aliphatic heterocycles. The molecule has 0 unspecified atom stereocenters. The Kier molecular flexibility index (Phi) is 1.95. The van der Waals surface area contributed by atoms with Crippen LogP contribution < -0.4 is 10.3 Å². The number of aryl methyl sites for hydroxylation is 1. The van der Waals surface area contributed by atoms with E-state index in [1.807, 2.05) is 19.1 Å². The molecule has 3 aromatic rings. The van der Waals surface area contributed by atoms with E-state index in [1.165, 1.54) is 0 Å². The van der Waals surface area contributed by atoms with Crippen molar-refractivity contribution in [3.63, 3.8) is 0 Å². The van der Waals surface area contributed by atoms with Crippen molar-refractivity contribution in [2.45, 2.75) is 6.92 Å². The summed E-state index contributed by atoms with van der Waals surface area (Å²) in [5.74, 6) is 0.712. The van der Waals surface area contributed by atoms with Gasteiger partial charge in [-0.05, 0) is 19.1 Å². The molecular formula is C12H11N3O2. The van der Waals surface area contributed by atoms with Gasteiger partial charge in [0.15, 0.2) is 0 Å². The Morgan fingerprint density at radius 3 is 3.00 bits per heavy atom. The molecule has 0 fully saturated rings. The second-order valence-corrected chi connectivity index (χ2v) is 3.89. The lowest BCUT2D eigenvalue weighted by Gasteiger charge is -2.04. The molecule has 0 amide bonds. The van der Waals surface area contributed by atoms with Crippen LogP contribution >= 0.6 is 0 Å². The molecule has 3 rings (SSSR count). The summed E-state index contributed by atoms with van der Waals surface area (Å²) in [7, 11) is 1.60. The number of rotatable bonds is 1. The number of imidazole rings is 1. The number of ether oxygens (including phenoxy) is 1. The number of fused-ring (bicyclic) bond motifs is 3. The van der Waals surface area contributed by atoms with Crippen molar-refractivity contribution in [3.8, 4) is 5.75 Å².